The Morgan fingerprint density at radius 2 is 2.27 bits per heavy atom. The normalized spacial score (nSPS) is 10.7. The van der Waals surface area contributed by atoms with Gasteiger partial charge in [0.25, 0.3) is 12.1 Å². The molecule has 0 atom stereocenters. The molecule has 1 N–H and O–H groups in total. The monoisotopic (exact) mass is 238 g/mol. The summed E-state index contributed by atoms with van der Waals surface area (Å²) in [5.74, 6) is 0. The van der Waals surface area contributed by atoms with Crippen LogP contribution in [0.25, 0.3) is 0 Å². The molecule has 1 aromatic rings. The first-order valence-electron chi connectivity index (χ1n) is 3.69. The topological polar surface area (TPSA) is 76.3 Å². The first kappa shape index (κ1) is 11.7. The van der Waals surface area contributed by atoms with Crippen LogP contribution in [0.15, 0.2) is 6.20 Å². The van der Waals surface area contributed by atoms with Crippen molar-refractivity contribution < 1.29 is 18.8 Å². The molecule has 0 aliphatic rings. The molecule has 0 radical (unpaired) electrons. The predicted molar refractivity (Wildman–Crippen MR) is 46.8 cm³/mol. The fraction of sp³-hybridized carbons (Fsp3) is 0.286. The van der Waals surface area contributed by atoms with Gasteiger partial charge >= 0.3 is 0 Å². The van der Waals surface area contributed by atoms with E-state index in [1.54, 1.807) is 0 Å². The van der Waals surface area contributed by atoms with Crippen molar-refractivity contribution in [3.05, 3.63) is 32.6 Å². The van der Waals surface area contributed by atoms with E-state index in [9.17, 15) is 18.9 Å². The molecule has 1 heterocycles. The van der Waals surface area contributed by atoms with Crippen LogP contribution in [0.5, 0.6) is 0 Å². The Bertz CT molecular complexity index is 400. The van der Waals surface area contributed by atoms with E-state index in [0.29, 0.717) is 0 Å². The lowest BCUT2D eigenvalue weighted by Gasteiger charge is -2.06. The van der Waals surface area contributed by atoms with Gasteiger partial charge in [-0.1, -0.05) is 11.6 Å². The maximum atomic E-state index is 12.5. The van der Waals surface area contributed by atoms with Crippen molar-refractivity contribution in [2.45, 2.75) is 13.0 Å². The van der Waals surface area contributed by atoms with Crippen LogP contribution in [0.3, 0.4) is 0 Å². The lowest BCUT2D eigenvalue weighted by atomic mass is 10.1. The highest BCUT2D eigenvalue weighted by Crippen LogP contribution is 2.36. The number of aromatic nitrogens is 1. The molecule has 5 nitrogen and oxygen atoms in total. The van der Waals surface area contributed by atoms with E-state index in [1.807, 2.05) is 0 Å². The zero-order chi connectivity index (χ0) is 11.6. The Balaban J connectivity index is 3.51. The van der Waals surface area contributed by atoms with Crippen LogP contribution in [-0.2, 0) is 6.61 Å². The summed E-state index contributed by atoms with van der Waals surface area (Å²) in [6, 6.07) is 0. The second-order valence-corrected chi connectivity index (χ2v) is 2.94. The molecule has 0 unspecified atom stereocenters. The number of nitro groups is 1. The van der Waals surface area contributed by atoms with Gasteiger partial charge in [-0.05, 0) is 0 Å². The highest BCUT2D eigenvalue weighted by molar-refractivity contribution is 6.32. The standard InChI is InChI=1S/C7H5ClF2N2O3/c8-3-1-11-4(2-13)5(7(9)10)6(3)12(14)15/h1,7,13H,2H2. The number of nitrogens with zero attached hydrogens (tertiary/aromatic N) is 2. The second-order valence-electron chi connectivity index (χ2n) is 2.53. The third-order valence-electron chi connectivity index (χ3n) is 1.68. The minimum Gasteiger partial charge on any atom is -0.390 e. The van der Waals surface area contributed by atoms with Crippen molar-refractivity contribution in [1.29, 1.82) is 0 Å². The zero-order valence-electron chi connectivity index (χ0n) is 7.15. The summed E-state index contributed by atoms with van der Waals surface area (Å²) in [6.45, 7) is -0.808. The molecule has 82 valence electrons. The lowest BCUT2D eigenvalue weighted by Crippen LogP contribution is -2.04. The molecule has 8 heteroatoms. The third-order valence-corrected chi connectivity index (χ3v) is 1.95. The first-order valence-corrected chi connectivity index (χ1v) is 4.07. The molecule has 0 saturated carbocycles. The lowest BCUT2D eigenvalue weighted by molar-refractivity contribution is -0.386. The summed E-state index contributed by atoms with van der Waals surface area (Å²) in [5, 5.41) is 18.7. The Kier molecular flexibility index (Phi) is 3.48. The van der Waals surface area contributed by atoms with Crippen LogP contribution in [0.4, 0.5) is 14.5 Å². The summed E-state index contributed by atoms with van der Waals surface area (Å²) >= 11 is 5.38. The quantitative estimate of drug-likeness (QED) is 0.646. The Morgan fingerprint density at radius 3 is 2.67 bits per heavy atom. The maximum absolute atomic E-state index is 12.5. The van der Waals surface area contributed by atoms with Crippen LogP contribution in [0.1, 0.15) is 17.7 Å². The number of aliphatic hydroxyl groups excluding tert-OH is 1. The van der Waals surface area contributed by atoms with Crippen molar-refractivity contribution in [2.75, 3.05) is 0 Å². The van der Waals surface area contributed by atoms with Crippen molar-refractivity contribution in [3.8, 4) is 0 Å². The number of aliphatic hydroxyl groups is 1. The largest absolute Gasteiger partial charge is 0.390 e. The van der Waals surface area contributed by atoms with E-state index >= 15 is 0 Å². The SMILES string of the molecule is O=[N+]([O-])c1c(Cl)cnc(CO)c1C(F)F. The highest BCUT2D eigenvalue weighted by atomic mass is 35.5. The summed E-state index contributed by atoms with van der Waals surface area (Å²) in [7, 11) is 0. The maximum Gasteiger partial charge on any atom is 0.300 e. The van der Waals surface area contributed by atoms with E-state index in [4.69, 9.17) is 16.7 Å². The van der Waals surface area contributed by atoms with Gasteiger partial charge in [0.1, 0.15) is 10.6 Å². The third kappa shape index (κ3) is 2.18. The first-order chi connectivity index (χ1) is 6.99. The van der Waals surface area contributed by atoms with Crippen LogP contribution >= 0.6 is 11.6 Å². The minimum atomic E-state index is -3.11. The van der Waals surface area contributed by atoms with E-state index in [1.165, 1.54) is 0 Å². The molecule has 0 aromatic carbocycles. The number of alkyl halides is 2. The van der Waals surface area contributed by atoms with Crippen molar-refractivity contribution >= 4 is 17.3 Å². The van der Waals surface area contributed by atoms with Crippen LogP contribution in [0.2, 0.25) is 5.02 Å². The van der Waals surface area contributed by atoms with Gasteiger partial charge in [0.15, 0.2) is 0 Å². The molecule has 1 rings (SSSR count). The Morgan fingerprint density at radius 1 is 1.67 bits per heavy atom. The van der Waals surface area contributed by atoms with Gasteiger partial charge in [-0.2, -0.15) is 0 Å². The highest BCUT2D eigenvalue weighted by Gasteiger charge is 2.29. The summed E-state index contributed by atoms with van der Waals surface area (Å²) in [4.78, 5) is 12.9. The van der Waals surface area contributed by atoms with Crippen molar-refractivity contribution in [2.24, 2.45) is 0 Å². The molecule has 1 aromatic heterocycles. The van der Waals surface area contributed by atoms with Crippen LogP contribution in [0, 0.1) is 10.1 Å². The molecule has 0 bridgehead atoms. The van der Waals surface area contributed by atoms with Crippen LogP contribution < -0.4 is 0 Å². The summed E-state index contributed by atoms with van der Waals surface area (Å²) in [5.41, 5.74) is -2.29. The van der Waals surface area contributed by atoms with Gasteiger partial charge in [0.2, 0.25) is 0 Å². The molecular formula is C7H5ClF2N2O3. The van der Waals surface area contributed by atoms with Gasteiger partial charge in [0.05, 0.1) is 23.4 Å². The molecule has 0 aliphatic carbocycles. The number of hydrogen-bond donors (Lipinski definition) is 1. The fourth-order valence-corrected chi connectivity index (χ4v) is 1.29. The van der Waals surface area contributed by atoms with E-state index in [0.717, 1.165) is 6.20 Å². The average Bonchev–Trinajstić information content (AvgIpc) is 2.16. The van der Waals surface area contributed by atoms with Gasteiger partial charge in [-0.25, -0.2) is 8.78 Å². The van der Waals surface area contributed by atoms with Gasteiger partial charge in [0, 0.05) is 0 Å². The van der Waals surface area contributed by atoms with Crippen molar-refractivity contribution in [1.82, 2.24) is 4.98 Å². The van der Waals surface area contributed by atoms with Gasteiger partial charge in [-0.15, -0.1) is 0 Å². The fourth-order valence-electron chi connectivity index (χ4n) is 1.07. The smallest absolute Gasteiger partial charge is 0.300 e. The molecule has 0 spiro atoms. The Labute approximate surface area is 87.5 Å². The van der Waals surface area contributed by atoms with Gasteiger partial charge in [-0.3, -0.25) is 15.1 Å². The van der Waals surface area contributed by atoms with Gasteiger partial charge < -0.3 is 5.11 Å². The van der Waals surface area contributed by atoms with Crippen molar-refractivity contribution in [3.63, 3.8) is 0 Å². The number of halogens is 3. The van der Waals surface area contributed by atoms with E-state index in [2.05, 4.69) is 4.98 Å². The molecule has 0 amide bonds. The molecular weight excluding hydrogens is 234 g/mol. The molecule has 0 fully saturated rings. The molecule has 0 saturated heterocycles. The molecule has 15 heavy (non-hydrogen) atoms. The molecule has 0 aliphatic heterocycles. The average molecular weight is 239 g/mol. The number of pyridine rings is 1. The number of rotatable bonds is 3. The number of hydrogen-bond acceptors (Lipinski definition) is 4. The predicted octanol–water partition coefficient (Wildman–Crippen LogP) is 2.07. The van der Waals surface area contributed by atoms with E-state index in [-0.39, 0.29) is 0 Å². The zero-order valence-corrected chi connectivity index (χ0v) is 7.91. The summed E-state index contributed by atoms with van der Waals surface area (Å²) < 4.78 is 25.0. The minimum absolute atomic E-state index is 0.443. The summed E-state index contributed by atoms with van der Waals surface area (Å²) in [6.07, 6.45) is -2.25. The Hall–Kier alpha value is -1.34. The van der Waals surface area contributed by atoms with E-state index < -0.39 is 39.9 Å². The second kappa shape index (κ2) is 4.45. The van der Waals surface area contributed by atoms with Crippen LogP contribution in [-0.4, -0.2) is 15.0 Å².